The SMILES string of the molecule is CN1C[C@H](c2ccccc2)CC2(CCN(C(=O)c3ccc(O)cc3)CC2)C1. The fourth-order valence-corrected chi connectivity index (χ4v) is 4.95. The third-order valence-electron chi connectivity index (χ3n) is 6.31. The van der Waals surface area contributed by atoms with Gasteiger partial charge in [0.2, 0.25) is 0 Å². The molecule has 4 nitrogen and oxygen atoms in total. The number of hydrogen-bond donors (Lipinski definition) is 1. The number of carbonyl (C=O) groups excluding carboxylic acids is 1. The standard InChI is InChI=1S/C23H28N2O2/c1-24-16-20(18-5-3-2-4-6-18)15-23(17-24)11-13-25(14-12-23)22(27)19-7-9-21(26)10-8-19/h2-10,20,26H,11-17H2,1H3/t20-/m1/s1. The van der Waals surface area contributed by atoms with Crippen LogP contribution in [0.25, 0.3) is 0 Å². The lowest BCUT2D eigenvalue weighted by molar-refractivity contribution is 0.0224. The number of hydrogen-bond acceptors (Lipinski definition) is 3. The predicted molar refractivity (Wildman–Crippen MR) is 107 cm³/mol. The molecule has 142 valence electrons. The van der Waals surface area contributed by atoms with Gasteiger partial charge in [-0.2, -0.15) is 0 Å². The second-order valence-corrected chi connectivity index (χ2v) is 8.35. The molecule has 0 aromatic heterocycles. The smallest absolute Gasteiger partial charge is 0.253 e. The number of amides is 1. The minimum Gasteiger partial charge on any atom is -0.508 e. The summed E-state index contributed by atoms with van der Waals surface area (Å²) < 4.78 is 0. The van der Waals surface area contributed by atoms with Crippen molar-refractivity contribution in [2.24, 2.45) is 5.41 Å². The van der Waals surface area contributed by atoms with Crippen molar-refractivity contribution in [1.82, 2.24) is 9.80 Å². The fraction of sp³-hybridized carbons (Fsp3) is 0.435. The Morgan fingerprint density at radius 3 is 2.37 bits per heavy atom. The monoisotopic (exact) mass is 364 g/mol. The van der Waals surface area contributed by atoms with Crippen molar-refractivity contribution in [1.29, 1.82) is 0 Å². The van der Waals surface area contributed by atoms with Gasteiger partial charge in [0.05, 0.1) is 0 Å². The summed E-state index contributed by atoms with van der Waals surface area (Å²) in [6.07, 6.45) is 3.33. The Morgan fingerprint density at radius 2 is 1.70 bits per heavy atom. The van der Waals surface area contributed by atoms with E-state index in [9.17, 15) is 9.90 Å². The van der Waals surface area contributed by atoms with Gasteiger partial charge in [0.25, 0.3) is 5.91 Å². The van der Waals surface area contributed by atoms with Crippen LogP contribution in [0.4, 0.5) is 0 Å². The maximum absolute atomic E-state index is 12.8. The summed E-state index contributed by atoms with van der Waals surface area (Å²) in [5.74, 6) is 0.847. The zero-order valence-electron chi connectivity index (χ0n) is 16.0. The van der Waals surface area contributed by atoms with Gasteiger partial charge in [-0.05, 0) is 67.5 Å². The summed E-state index contributed by atoms with van der Waals surface area (Å²) in [5, 5.41) is 9.43. The molecular weight excluding hydrogens is 336 g/mol. The number of nitrogens with zero attached hydrogens (tertiary/aromatic N) is 2. The van der Waals surface area contributed by atoms with E-state index in [-0.39, 0.29) is 11.7 Å². The fourth-order valence-electron chi connectivity index (χ4n) is 4.95. The van der Waals surface area contributed by atoms with Crippen molar-refractivity contribution in [3.8, 4) is 5.75 Å². The first kappa shape index (κ1) is 18.1. The van der Waals surface area contributed by atoms with Gasteiger partial charge in [0.1, 0.15) is 5.75 Å². The second kappa shape index (κ2) is 7.35. The van der Waals surface area contributed by atoms with Gasteiger partial charge >= 0.3 is 0 Å². The molecule has 1 spiro atoms. The molecular formula is C23H28N2O2. The first-order chi connectivity index (χ1) is 13.0. The molecule has 0 saturated carbocycles. The average molecular weight is 364 g/mol. The number of piperidine rings is 2. The number of carbonyl (C=O) groups is 1. The van der Waals surface area contributed by atoms with Gasteiger partial charge in [-0.1, -0.05) is 30.3 Å². The molecule has 1 amide bonds. The quantitative estimate of drug-likeness (QED) is 0.883. The Bertz CT molecular complexity index is 780. The van der Waals surface area contributed by atoms with Crippen LogP contribution >= 0.6 is 0 Å². The van der Waals surface area contributed by atoms with Crippen molar-refractivity contribution in [3.05, 3.63) is 65.7 Å². The van der Waals surface area contributed by atoms with E-state index in [4.69, 9.17) is 0 Å². The molecule has 0 bridgehead atoms. The molecule has 0 radical (unpaired) electrons. The largest absolute Gasteiger partial charge is 0.508 e. The van der Waals surface area contributed by atoms with E-state index in [0.29, 0.717) is 16.9 Å². The molecule has 4 heteroatoms. The van der Waals surface area contributed by atoms with Gasteiger partial charge in [-0.3, -0.25) is 4.79 Å². The molecule has 2 aliphatic rings. The number of benzene rings is 2. The van der Waals surface area contributed by atoms with Crippen molar-refractivity contribution in [2.75, 3.05) is 33.2 Å². The average Bonchev–Trinajstić information content (AvgIpc) is 2.69. The molecule has 0 aliphatic carbocycles. The summed E-state index contributed by atoms with van der Waals surface area (Å²) in [7, 11) is 2.23. The van der Waals surface area contributed by atoms with Crippen LogP contribution < -0.4 is 0 Å². The highest BCUT2D eigenvalue weighted by Gasteiger charge is 2.42. The number of phenols is 1. The van der Waals surface area contributed by atoms with E-state index < -0.39 is 0 Å². The van der Waals surface area contributed by atoms with E-state index in [1.165, 1.54) is 12.0 Å². The minimum absolute atomic E-state index is 0.0774. The van der Waals surface area contributed by atoms with Crippen LogP contribution in [-0.4, -0.2) is 54.0 Å². The normalized spacial score (nSPS) is 22.7. The van der Waals surface area contributed by atoms with E-state index in [1.807, 2.05) is 4.90 Å². The zero-order chi connectivity index (χ0) is 18.9. The second-order valence-electron chi connectivity index (χ2n) is 8.35. The van der Waals surface area contributed by atoms with E-state index in [2.05, 4.69) is 42.3 Å². The molecule has 27 heavy (non-hydrogen) atoms. The lowest BCUT2D eigenvalue weighted by Crippen LogP contribution is -2.51. The molecule has 1 N–H and O–H groups in total. The number of rotatable bonds is 2. The van der Waals surface area contributed by atoms with Crippen LogP contribution in [-0.2, 0) is 0 Å². The van der Waals surface area contributed by atoms with E-state index >= 15 is 0 Å². The lowest BCUT2D eigenvalue weighted by Gasteiger charge is -2.49. The zero-order valence-corrected chi connectivity index (χ0v) is 16.0. The van der Waals surface area contributed by atoms with Gasteiger partial charge in [-0.25, -0.2) is 0 Å². The van der Waals surface area contributed by atoms with Crippen molar-refractivity contribution in [3.63, 3.8) is 0 Å². The summed E-state index contributed by atoms with van der Waals surface area (Å²) in [6.45, 7) is 3.86. The van der Waals surface area contributed by atoms with Gasteiger partial charge in [0.15, 0.2) is 0 Å². The minimum atomic E-state index is 0.0774. The number of aromatic hydroxyl groups is 1. The van der Waals surface area contributed by atoms with Gasteiger partial charge in [0, 0.05) is 31.7 Å². The summed E-state index contributed by atoms with van der Waals surface area (Å²) >= 11 is 0. The molecule has 2 heterocycles. The molecule has 2 aliphatic heterocycles. The van der Waals surface area contributed by atoms with Crippen LogP contribution in [0.1, 0.15) is 41.1 Å². The van der Waals surface area contributed by atoms with Crippen LogP contribution in [0.3, 0.4) is 0 Å². The number of phenolic OH excluding ortho intramolecular Hbond substituents is 1. The summed E-state index contributed by atoms with van der Waals surface area (Å²) in [6, 6.07) is 17.4. The van der Waals surface area contributed by atoms with Crippen LogP contribution in [0, 0.1) is 5.41 Å². The topological polar surface area (TPSA) is 43.8 Å². The highest BCUT2D eigenvalue weighted by Crippen LogP contribution is 2.44. The molecule has 2 saturated heterocycles. The van der Waals surface area contributed by atoms with Crippen LogP contribution in [0.15, 0.2) is 54.6 Å². The third-order valence-corrected chi connectivity index (χ3v) is 6.31. The molecule has 2 aromatic rings. The maximum atomic E-state index is 12.8. The Hall–Kier alpha value is -2.33. The maximum Gasteiger partial charge on any atom is 0.253 e. The van der Waals surface area contributed by atoms with Gasteiger partial charge < -0.3 is 14.9 Å². The van der Waals surface area contributed by atoms with Crippen LogP contribution in [0.2, 0.25) is 0 Å². The molecule has 2 fully saturated rings. The van der Waals surface area contributed by atoms with Crippen LogP contribution in [0.5, 0.6) is 5.75 Å². The molecule has 4 rings (SSSR count). The number of likely N-dealkylation sites (tertiary alicyclic amines) is 2. The van der Waals surface area contributed by atoms with Crippen molar-refractivity contribution in [2.45, 2.75) is 25.2 Å². The Kier molecular flexibility index (Phi) is 4.92. The predicted octanol–water partition coefficient (Wildman–Crippen LogP) is 3.73. The Balaban J connectivity index is 1.44. The first-order valence-corrected chi connectivity index (χ1v) is 9.86. The van der Waals surface area contributed by atoms with Crippen molar-refractivity contribution < 1.29 is 9.90 Å². The third kappa shape index (κ3) is 3.86. The highest BCUT2D eigenvalue weighted by molar-refractivity contribution is 5.94. The first-order valence-electron chi connectivity index (χ1n) is 9.86. The highest BCUT2D eigenvalue weighted by atomic mass is 16.3. The van der Waals surface area contributed by atoms with Gasteiger partial charge in [-0.15, -0.1) is 0 Å². The van der Waals surface area contributed by atoms with Crippen molar-refractivity contribution >= 4 is 5.91 Å². The summed E-state index contributed by atoms with van der Waals surface area (Å²) in [4.78, 5) is 17.2. The van der Waals surface area contributed by atoms with E-state index in [0.717, 1.165) is 39.0 Å². The molecule has 2 aromatic carbocycles. The Morgan fingerprint density at radius 1 is 1.04 bits per heavy atom. The number of likely N-dealkylation sites (N-methyl/N-ethyl adjacent to an activating group) is 1. The summed E-state index contributed by atoms with van der Waals surface area (Å²) in [5.41, 5.74) is 2.40. The van der Waals surface area contributed by atoms with E-state index in [1.54, 1.807) is 24.3 Å². The molecule has 0 unspecified atom stereocenters. The Labute approximate surface area is 161 Å². The molecule has 1 atom stereocenters. The lowest BCUT2D eigenvalue weighted by atomic mass is 9.68.